The molecule has 0 heterocycles. The molecule has 0 aliphatic carbocycles. The maximum absolute atomic E-state index is 13.5. The second-order valence-corrected chi connectivity index (χ2v) is 6.82. The number of carbonyl (C=O) groups is 1. The van der Waals surface area contributed by atoms with Crippen molar-refractivity contribution < 1.29 is 18.3 Å². The van der Waals surface area contributed by atoms with Gasteiger partial charge >= 0.3 is 6.03 Å². The van der Waals surface area contributed by atoms with E-state index in [1.807, 2.05) is 0 Å². The Balaban J connectivity index is 1.71. The number of nitrogens with one attached hydrogen (secondary N) is 1. The van der Waals surface area contributed by atoms with Gasteiger partial charge < -0.3 is 10.1 Å². The molecule has 29 heavy (non-hydrogen) atoms. The number of nitrogens with zero attached hydrogens (tertiary/aromatic N) is 1. The zero-order valence-electron chi connectivity index (χ0n) is 16.8. The molecule has 0 fully saturated rings. The lowest BCUT2D eigenvalue weighted by Crippen LogP contribution is -2.07. The molecule has 1 N–H and O–H groups in total. The number of hydrogen-bond acceptors (Lipinski definition) is 2. The Morgan fingerprint density at radius 3 is 2.24 bits per heavy atom. The first kappa shape index (κ1) is 22.5. The van der Waals surface area contributed by atoms with E-state index in [9.17, 15) is 13.6 Å². The molecule has 0 radical (unpaired) electrons. The van der Waals surface area contributed by atoms with Gasteiger partial charge in [-0.15, -0.1) is 0 Å². The molecule has 2 aromatic rings. The number of halogens is 2. The summed E-state index contributed by atoms with van der Waals surface area (Å²) in [6.07, 6.45) is 9.47. The zero-order valence-corrected chi connectivity index (χ0v) is 16.8. The lowest BCUT2D eigenvalue weighted by atomic mass is 10.1. The molecule has 2 aromatic carbocycles. The molecule has 0 spiro atoms. The van der Waals surface area contributed by atoms with Crippen molar-refractivity contribution in [1.29, 1.82) is 0 Å². The Labute approximate surface area is 171 Å². The summed E-state index contributed by atoms with van der Waals surface area (Å²) < 4.78 is 32.7. The van der Waals surface area contributed by atoms with E-state index in [2.05, 4.69) is 17.2 Å². The van der Waals surface area contributed by atoms with Crippen molar-refractivity contribution >= 4 is 17.9 Å². The third kappa shape index (κ3) is 8.42. The number of benzene rings is 2. The van der Waals surface area contributed by atoms with E-state index >= 15 is 0 Å². The molecule has 0 aromatic heterocycles. The second kappa shape index (κ2) is 12.6. The Morgan fingerprint density at radius 2 is 1.59 bits per heavy atom. The van der Waals surface area contributed by atoms with Gasteiger partial charge in [-0.25, -0.2) is 18.6 Å². The van der Waals surface area contributed by atoms with Crippen LogP contribution >= 0.6 is 0 Å². The molecule has 6 heteroatoms. The highest BCUT2D eigenvalue weighted by molar-refractivity contribution is 5.98. The first-order valence-corrected chi connectivity index (χ1v) is 10.1. The summed E-state index contributed by atoms with van der Waals surface area (Å²) in [4.78, 5) is 15.4. The largest absolute Gasteiger partial charge is 0.494 e. The van der Waals surface area contributed by atoms with Crippen molar-refractivity contribution in [3.63, 3.8) is 0 Å². The SMILES string of the molecule is CCCCCCCCCOc1ccc(NC(=O)/N=C/c2c(F)cccc2F)cc1. The van der Waals surface area contributed by atoms with E-state index in [0.717, 1.165) is 30.5 Å². The number of unbranched alkanes of at least 4 members (excludes halogenated alkanes) is 6. The Kier molecular flexibility index (Phi) is 9.83. The van der Waals surface area contributed by atoms with Crippen molar-refractivity contribution in [2.24, 2.45) is 4.99 Å². The summed E-state index contributed by atoms with van der Waals surface area (Å²) >= 11 is 0. The number of urea groups is 1. The Bertz CT molecular complexity index is 772. The van der Waals surface area contributed by atoms with Gasteiger partial charge in [-0.3, -0.25) is 0 Å². The van der Waals surface area contributed by atoms with Crippen molar-refractivity contribution in [2.45, 2.75) is 51.9 Å². The van der Waals surface area contributed by atoms with Gasteiger partial charge in [-0.05, 0) is 42.8 Å². The molecule has 4 nitrogen and oxygen atoms in total. The van der Waals surface area contributed by atoms with E-state index in [1.54, 1.807) is 24.3 Å². The monoisotopic (exact) mass is 402 g/mol. The molecule has 0 unspecified atom stereocenters. The molecule has 156 valence electrons. The molecular formula is C23H28F2N2O2. The molecular weight excluding hydrogens is 374 g/mol. The molecule has 0 bridgehead atoms. The van der Waals surface area contributed by atoms with E-state index < -0.39 is 17.7 Å². The first-order chi connectivity index (χ1) is 14.1. The maximum Gasteiger partial charge on any atom is 0.345 e. The predicted octanol–water partition coefficient (Wildman–Crippen LogP) is 6.75. The third-order valence-corrected chi connectivity index (χ3v) is 4.43. The van der Waals surface area contributed by atoms with Crippen LogP contribution in [-0.4, -0.2) is 18.9 Å². The maximum atomic E-state index is 13.5. The first-order valence-electron chi connectivity index (χ1n) is 10.1. The van der Waals surface area contributed by atoms with Crippen LogP contribution in [0.3, 0.4) is 0 Å². The summed E-state index contributed by atoms with van der Waals surface area (Å²) in [5, 5.41) is 2.54. The van der Waals surface area contributed by atoms with Gasteiger partial charge in [0, 0.05) is 11.9 Å². The second-order valence-electron chi connectivity index (χ2n) is 6.82. The molecule has 2 amide bonds. The molecule has 0 aliphatic heterocycles. The highest BCUT2D eigenvalue weighted by atomic mass is 19.1. The standard InChI is InChI=1S/C23H28F2N2O2/c1-2-3-4-5-6-7-8-16-29-19-14-12-18(13-15-19)27-23(28)26-17-20-21(24)10-9-11-22(20)25/h9-15,17H,2-8,16H2,1H3,(H,27,28)/b26-17+. The number of ether oxygens (including phenoxy) is 1. The van der Waals surface area contributed by atoms with Crippen molar-refractivity contribution in [3.8, 4) is 5.75 Å². The molecule has 0 aliphatic rings. The summed E-state index contributed by atoms with van der Waals surface area (Å²) in [5.41, 5.74) is 0.168. The normalized spacial score (nSPS) is 11.0. The minimum Gasteiger partial charge on any atom is -0.494 e. The fourth-order valence-corrected chi connectivity index (χ4v) is 2.80. The zero-order chi connectivity index (χ0) is 20.9. The van der Waals surface area contributed by atoms with Crippen LogP contribution in [0.1, 0.15) is 57.4 Å². The van der Waals surface area contributed by atoms with Crippen LogP contribution in [0.25, 0.3) is 0 Å². The number of rotatable bonds is 11. The number of anilines is 1. The fourth-order valence-electron chi connectivity index (χ4n) is 2.80. The van der Waals surface area contributed by atoms with Crippen molar-refractivity contribution in [1.82, 2.24) is 0 Å². The van der Waals surface area contributed by atoms with Crippen molar-refractivity contribution in [3.05, 3.63) is 59.7 Å². The summed E-state index contributed by atoms with van der Waals surface area (Å²) in [6, 6.07) is 9.65. The Morgan fingerprint density at radius 1 is 0.966 bits per heavy atom. The van der Waals surface area contributed by atoms with E-state index in [-0.39, 0.29) is 5.56 Å². The van der Waals surface area contributed by atoms with Gasteiger partial charge in [-0.1, -0.05) is 51.5 Å². The van der Waals surface area contributed by atoms with Gasteiger partial charge in [0.2, 0.25) is 0 Å². The van der Waals surface area contributed by atoms with Crippen LogP contribution in [0.2, 0.25) is 0 Å². The average molecular weight is 402 g/mol. The number of carbonyl (C=O) groups excluding carboxylic acids is 1. The predicted molar refractivity (Wildman–Crippen MR) is 113 cm³/mol. The summed E-state index contributed by atoms with van der Waals surface area (Å²) in [5.74, 6) is -0.820. The van der Waals surface area contributed by atoms with Crippen LogP contribution in [0.15, 0.2) is 47.5 Å². The highest BCUT2D eigenvalue weighted by Crippen LogP contribution is 2.17. The van der Waals surface area contributed by atoms with Crippen LogP contribution in [0, 0.1) is 11.6 Å². The molecule has 0 saturated heterocycles. The van der Waals surface area contributed by atoms with Crippen LogP contribution in [0.5, 0.6) is 5.75 Å². The van der Waals surface area contributed by atoms with E-state index in [0.29, 0.717) is 12.3 Å². The molecule has 0 atom stereocenters. The van der Waals surface area contributed by atoms with Gasteiger partial charge in [-0.2, -0.15) is 0 Å². The Hall–Kier alpha value is -2.76. The van der Waals surface area contributed by atoms with E-state index in [4.69, 9.17) is 4.74 Å². The van der Waals surface area contributed by atoms with Gasteiger partial charge in [0.1, 0.15) is 17.4 Å². The quantitative estimate of drug-likeness (QED) is 0.334. The molecule has 2 rings (SSSR count). The summed E-state index contributed by atoms with van der Waals surface area (Å²) in [7, 11) is 0. The third-order valence-electron chi connectivity index (χ3n) is 4.43. The summed E-state index contributed by atoms with van der Waals surface area (Å²) in [6.45, 7) is 2.88. The number of aliphatic imine (C=N–C) groups is 1. The smallest absolute Gasteiger partial charge is 0.345 e. The van der Waals surface area contributed by atoms with Crippen molar-refractivity contribution in [2.75, 3.05) is 11.9 Å². The van der Waals surface area contributed by atoms with Gasteiger partial charge in [0.05, 0.1) is 12.2 Å². The molecule has 0 saturated carbocycles. The fraction of sp³-hybridized carbons (Fsp3) is 0.391. The average Bonchev–Trinajstić information content (AvgIpc) is 2.71. The van der Waals surface area contributed by atoms with Crippen LogP contribution in [0.4, 0.5) is 19.3 Å². The van der Waals surface area contributed by atoms with E-state index in [1.165, 1.54) is 44.6 Å². The van der Waals surface area contributed by atoms with Gasteiger partial charge in [0.25, 0.3) is 0 Å². The minimum absolute atomic E-state index is 0.350. The lowest BCUT2D eigenvalue weighted by Gasteiger charge is -2.07. The lowest BCUT2D eigenvalue weighted by molar-refractivity contribution is 0.259. The van der Waals surface area contributed by atoms with Crippen LogP contribution in [-0.2, 0) is 0 Å². The van der Waals surface area contributed by atoms with Crippen LogP contribution < -0.4 is 10.1 Å². The van der Waals surface area contributed by atoms with Gasteiger partial charge in [0.15, 0.2) is 0 Å². The number of amides is 2. The number of hydrogen-bond donors (Lipinski definition) is 1. The highest BCUT2D eigenvalue weighted by Gasteiger charge is 2.06. The minimum atomic E-state index is -0.774. The topological polar surface area (TPSA) is 50.7 Å².